The minimum Gasteiger partial charge on any atom is -0.496 e. The van der Waals surface area contributed by atoms with Crippen LogP contribution in [0.4, 0.5) is 0 Å². The number of ether oxygens (including phenoxy) is 2. The Morgan fingerprint density at radius 3 is 2.37 bits per heavy atom. The lowest BCUT2D eigenvalue weighted by Crippen LogP contribution is -2.52. The molecular formula is C25H36N4O6. The molecule has 0 radical (unpaired) electrons. The highest BCUT2D eigenvalue weighted by Crippen LogP contribution is 2.44. The first kappa shape index (κ1) is 26.6. The maximum Gasteiger partial charge on any atom is 0.241 e. The molecule has 0 N–H and O–H groups in total. The van der Waals surface area contributed by atoms with Crippen LogP contribution in [0.1, 0.15) is 24.8 Å². The van der Waals surface area contributed by atoms with Crippen LogP contribution in [0.25, 0.3) is 0 Å². The minimum absolute atomic E-state index is 0.0172. The molecule has 2 aliphatic rings. The molecule has 3 rings (SSSR count). The third kappa shape index (κ3) is 5.82. The normalized spacial score (nSPS) is 20.9. The Hall–Kier alpha value is -2.98. The summed E-state index contributed by atoms with van der Waals surface area (Å²) < 4.78 is 10.6. The van der Waals surface area contributed by atoms with E-state index in [-0.39, 0.29) is 43.0 Å². The number of para-hydroxylation sites is 1. The molecule has 2 aliphatic heterocycles. The van der Waals surface area contributed by atoms with Crippen molar-refractivity contribution in [3.8, 4) is 5.75 Å². The lowest BCUT2D eigenvalue weighted by Gasteiger charge is -2.37. The van der Waals surface area contributed by atoms with Gasteiger partial charge in [-0.15, -0.1) is 0 Å². The molecule has 35 heavy (non-hydrogen) atoms. The van der Waals surface area contributed by atoms with Gasteiger partial charge >= 0.3 is 0 Å². The van der Waals surface area contributed by atoms with Crippen molar-refractivity contribution >= 4 is 23.6 Å². The zero-order valence-corrected chi connectivity index (χ0v) is 21.1. The van der Waals surface area contributed by atoms with Crippen LogP contribution in [0.2, 0.25) is 0 Å². The zero-order valence-electron chi connectivity index (χ0n) is 21.1. The molecule has 192 valence electrons. The molecule has 0 bridgehead atoms. The summed E-state index contributed by atoms with van der Waals surface area (Å²) in [5, 5.41) is 0. The smallest absolute Gasteiger partial charge is 0.241 e. The molecule has 2 heterocycles. The molecule has 1 unspecified atom stereocenters. The van der Waals surface area contributed by atoms with Crippen LogP contribution >= 0.6 is 0 Å². The number of hydrogen-bond acceptors (Lipinski definition) is 7. The maximum absolute atomic E-state index is 13.7. The van der Waals surface area contributed by atoms with Crippen molar-refractivity contribution in [2.75, 3.05) is 74.2 Å². The van der Waals surface area contributed by atoms with Crippen molar-refractivity contribution in [3.05, 3.63) is 29.8 Å². The fourth-order valence-corrected chi connectivity index (χ4v) is 4.74. The van der Waals surface area contributed by atoms with Crippen molar-refractivity contribution in [2.45, 2.75) is 24.7 Å². The summed E-state index contributed by atoms with van der Waals surface area (Å²) in [4.78, 5) is 58.8. The molecule has 0 saturated carbocycles. The fraction of sp³-hybridized carbons (Fsp3) is 0.600. The lowest BCUT2D eigenvalue weighted by atomic mass is 9.75. The van der Waals surface area contributed by atoms with Crippen molar-refractivity contribution in [3.63, 3.8) is 0 Å². The van der Waals surface area contributed by atoms with Gasteiger partial charge in [0, 0.05) is 78.9 Å². The van der Waals surface area contributed by atoms with E-state index in [2.05, 4.69) is 0 Å². The Balaban J connectivity index is 1.80. The standard InChI is InChI=1S/C25H36N4O6/c1-26(2)23(32)18-27-11-13-28(14-12-27)21(30)16-25(19-8-5-6-9-20(19)35-4)17-22(31)29(24(25)33)10-7-15-34-3/h5-6,8-9H,7,10-18H2,1-4H3. The number of carbonyl (C=O) groups excluding carboxylic acids is 4. The first-order valence-corrected chi connectivity index (χ1v) is 11.9. The molecule has 1 atom stereocenters. The largest absolute Gasteiger partial charge is 0.496 e. The number of amides is 4. The summed E-state index contributed by atoms with van der Waals surface area (Å²) in [6, 6.07) is 7.09. The van der Waals surface area contributed by atoms with E-state index in [1.165, 1.54) is 12.0 Å². The predicted octanol–water partition coefficient (Wildman–Crippen LogP) is 0.351. The number of piperazine rings is 1. The number of hydrogen-bond donors (Lipinski definition) is 0. The highest BCUT2D eigenvalue weighted by Gasteiger charge is 2.55. The van der Waals surface area contributed by atoms with Crippen molar-refractivity contribution in [2.24, 2.45) is 0 Å². The Bertz CT molecular complexity index is 944. The second kappa shape index (κ2) is 11.6. The van der Waals surface area contributed by atoms with Gasteiger partial charge in [0.15, 0.2) is 0 Å². The van der Waals surface area contributed by atoms with Crippen LogP contribution in [0.5, 0.6) is 5.75 Å². The van der Waals surface area contributed by atoms with Crippen LogP contribution in [-0.4, -0.2) is 117 Å². The Morgan fingerprint density at radius 2 is 1.74 bits per heavy atom. The average molecular weight is 489 g/mol. The monoisotopic (exact) mass is 488 g/mol. The molecule has 0 spiro atoms. The van der Waals surface area contributed by atoms with Crippen LogP contribution in [0.15, 0.2) is 24.3 Å². The van der Waals surface area contributed by atoms with E-state index in [0.717, 1.165) is 0 Å². The van der Waals surface area contributed by atoms with Gasteiger partial charge in [-0.1, -0.05) is 18.2 Å². The summed E-state index contributed by atoms with van der Waals surface area (Å²) >= 11 is 0. The van der Waals surface area contributed by atoms with E-state index in [4.69, 9.17) is 9.47 Å². The van der Waals surface area contributed by atoms with Gasteiger partial charge in [0.25, 0.3) is 0 Å². The molecule has 2 saturated heterocycles. The zero-order chi connectivity index (χ0) is 25.6. The molecule has 1 aromatic rings. The highest BCUT2D eigenvalue weighted by atomic mass is 16.5. The second-order valence-electron chi connectivity index (χ2n) is 9.28. The SMILES string of the molecule is COCCCN1C(=O)CC(CC(=O)N2CCN(CC(=O)N(C)C)CC2)(c2ccccc2OC)C1=O. The molecular weight excluding hydrogens is 452 g/mol. The van der Waals surface area contributed by atoms with E-state index in [1.807, 2.05) is 4.90 Å². The first-order valence-electron chi connectivity index (χ1n) is 11.9. The fourth-order valence-electron chi connectivity index (χ4n) is 4.74. The third-order valence-corrected chi connectivity index (χ3v) is 6.80. The van der Waals surface area contributed by atoms with Gasteiger partial charge in [0.2, 0.25) is 23.6 Å². The summed E-state index contributed by atoms with van der Waals surface area (Å²) in [6.45, 7) is 3.05. The third-order valence-electron chi connectivity index (χ3n) is 6.80. The molecule has 1 aromatic carbocycles. The Labute approximate surface area is 206 Å². The Morgan fingerprint density at radius 1 is 1.06 bits per heavy atom. The topological polar surface area (TPSA) is 99.7 Å². The van der Waals surface area contributed by atoms with Crippen molar-refractivity contribution in [1.29, 1.82) is 0 Å². The number of benzene rings is 1. The first-order chi connectivity index (χ1) is 16.7. The summed E-state index contributed by atoms with van der Waals surface area (Å²) in [5.74, 6) is -0.353. The molecule has 10 heteroatoms. The lowest BCUT2D eigenvalue weighted by molar-refractivity contribution is -0.143. The predicted molar refractivity (Wildman–Crippen MR) is 129 cm³/mol. The maximum atomic E-state index is 13.7. The van der Waals surface area contributed by atoms with Gasteiger partial charge in [-0.3, -0.25) is 29.0 Å². The van der Waals surface area contributed by atoms with Crippen LogP contribution in [-0.2, 0) is 29.3 Å². The van der Waals surface area contributed by atoms with E-state index in [9.17, 15) is 19.2 Å². The van der Waals surface area contributed by atoms with E-state index in [0.29, 0.717) is 57.1 Å². The van der Waals surface area contributed by atoms with Gasteiger partial charge in [-0.25, -0.2) is 0 Å². The van der Waals surface area contributed by atoms with Crippen molar-refractivity contribution in [1.82, 2.24) is 19.6 Å². The van der Waals surface area contributed by atoms with Gasteiger partial charge < -0.3 is 19.3 Å². The van der Waals surface area contributed by atoms with Gasteiger partial charge in [-0.05, 0) is 12.5 Å². The minimum atomic E-state index is -1.31. The van der Waals surface area contributed by atoms with Gasteiger partial charge in [0.1, 0.15) is 5.75 Å². The number of rotatable bonds is 10. The number of likely N-dealkylation sites (tertiary alicyclic amines) is 1. The Kier molecular flexibility index (Phi) is 8.85. The second-order valence-corrected chi connectivity index (χ2v) is 9.28. The average Bonchev–Trinajstić information content (AvgIpc) is 3.09. The molecule has 4 amide bonds. The number of methoxy groups -OCH3 is 2. The summed E-state index contributed by atoms with van der Waals surface area (Å²) in [7, 11) is 6.53. The van der Waals surface area contributed by atoms with Crippen LogP contribution in [0.3, 0.4) is 0 Å². The van der Waals surface area contributed by atoms with Gasteiger partial charge in [-0.2, -0.15) is 0 Å². The van der Waals surface area contributed by atoms with E-state index >= 15 is 0 Å². The molecule has 0 aliphatic carbocycles. The summed E-state index contributed by atoms with van der Waals surface area (Å²) in [6.07, 6.45) is 0.329. The quantitative estimate of drug-likeness (QED) is 0.346. The van der Waals surface area contributed by atoms with E-state index in [1.54, 1.807) is 55.3 Å². The van der Waals surface area contributed by atoms with Crippen LogP contribution in [0, 0.1) is 0 Å². The highest BCUT2D eigenvalue weighted by molar-refractivity contribution is 6.11. The number of imide groups is 1. The van der Waals surface area contributed by atoms with Crippen LogP contribution < -0.4 is 4.74 Å². The number of likely N-dealkylation sites (N-methyl/N-ethyl adjacent to an activating group) is 1. The van der Waals surface area contributed by atoms with Crippen molar-refractivity contribution < 1.29 is 28.7 Å². The van der Waals surface area contributed by atoms with Gasteiger partial charge in [0.05, 0.1) is 19.1 Å². The van der Waals surface area contributed by atoms with E-state index < -0.39 is 5.41 Å². The molecule has 10 nitrogen and oxygen atoms in total. The summed E-state index contributed by atoms with van der Waals surface area (Å²) in [5.41, 5.74) is -0.759. The number of carbonyl (C=O) groups is 4. The number of nitrogens with zero attached hydrogens (tertiary/aromatic N) is 4. The molecule has 2 fully saturated rings. The molecule has 0 aromatic heterocycles.